The van der Waals surface area contributed by atoms with Crippen molar-refractivity contribution >= 4 is 23.3 Å². The van der Waals surface area contributed by atoms with Gasteiger partial charge in [0.15, 0.2) is 0 Å². The summed E-state index contributed by atoms with van der Waals surface area (Å²) in [6, 6.07) is 2.59. The van der Waals surface area contributed by atoms with Crippen LogP contribution >= 0.6 is 0 Å². The molecule has 0 bridgehead atoms. The van der Waals surface area contributed by atoms with E-state index in [2.05, 4.69) is 10.1 Å². The number of β-amino-alcohol motifs (C(OH)–C–C–N with tert-alkyl or cyclic N) is 1. The molecule has 1 heterocycles. The highest BCUT2D eigenvalue weighted by Gasteiger charge is 2.35. The number of aryl methyl sites for hydroxylation is 1. The van der Waals surface area contributed by atoms with Crippen molar-refractivity contribution in [3.05, 3.63) is 39.1 Å². The number of rotatable bonds is 6. The third-order valence-electron chi connectivity index (χ3n) is 3.64. The lowest BCUT2D eigenvalue weighted by Crippen LogP contribution is -2.31. The van der Waals surface area contributed by atoms with Gasteiger partial charge in [-0.1, -0.05) is 0 Å². The monoisotopic (exact) mass is 351 g/mol. The first-order valence-corrected chi connectivity index (χ1v) is 7.26. The van der Waals surface area contributed by atoms with Gasteiger partial charge in [0.25, 0.3) is 5.91 Å². The fourth-order valence-electron chi connectivity index (χ4n) is 2.48. The lowest BCUT2D eigenvalue weighted by atomic mass is 10.1. The smallest absolute Gasteiger partial charge is 0.337 e. The van der Waals surface area contributed by atoms with Crippen LogP contribution < -0.4 is 5.32 Å². The Morgan fingerprint density at radius 2 is 2.16 bits per heavy atom. The molecule has 10 nitrogen and oxygen atoms in total. The lowest BCUT2D eigenvalue weighted by molar-refractivity contribution is -0.385. The number of hydrogen-bond acceptors (Lipinski definition) is 8. The van der Waals surface area contributed by atoms with Gasteiger partial charge >= 0.3 is 11.7 Å². The number of benzene rings is 1. The Morgan fingerprint density at radius 3 is 2.72 bits per heavy atom. The number of amides is 1. The normalized spacial score (nSPS) is 14.0. The summed E-state index contributed by atoms with van der Waals surface area (Å²) in [6.45, 7) is 1.21. The van der Waals surface area contributed by atoms with Gasteiger partial charge < -0.3 is 25.2 Å². The summed E-state index contributed by atoms with van der Waals surface area (Å²) < 4.78 is 4.64. The van der Waals surface area contributed by atoms with Crippen LogP contribution in [0.1, 0.15) is 5.56 Å². The van der Waals surface area contributed by atoms with Gasteiger partial charge in [-0.15, -0.1) is 0 Å². The van der Waals surface area contributed by atoms with Crippen LogP contribution in [0, 0.1) is 17.0 Å². The molecule has 0 spiro atoms. The van der Waals surface area contributed by atoms with Crippen molar-refractivity contribution in [2.24, 2.45) is 0 Å². The summed E-state index contributed by atoms with van der Waals surface area (Å²) in [7, 11) is 1.15. The number of methoxy groups -OCH3 is 1. The van der Waals surface area contributed by atoms with Gasteiger partial charge in [0, 0.05) is 12.6 Å². The molecule has 3 N–H and O–H groups in total. The zero-order valence-corrected chi connectivity index (χ0v) is 13.6. The number of carbonyl (C=O) groups is 2. The summed E-state index contributed by atoms with van der Waals surface area (Å²) >= 11 is 0. The molecule has 134 valence electrons. The standard InChI is InChI=1S/C15H17N3O7/c1-8-5-10(13(20)11(6-8)18(23)24)16-12-9(15(22)25-2)7-17(3-4-19)14(12)21/h5-6,16,19-20H,3-4,7H2,1-2H3. The number of phenols is 1. The summed E-state index contributed by atoms with van der Waals surface area (Å²) in [5.41, 5.74) is -0.285. The van der Waals surface area contributed by atoms with Gasteiger partial charge in [-0.25, -0.2) is 4.79 Å². The number of hydrogen-bond donors (Lipinski definition) is 3. The molecule has 2 rings (SSSR count). The van der Waals surface area contributed by atoms with E-state index in [1.165, 1.54) is 17.0 Å². The second kappa shape index (κ2) is 7.18. The Bertz CT molecular complexity index is 773. The van der Waals surface area contributed by atoms with Gasteiger partial charge in [0.2, 0.25) is 5.75 Å². The SMILES string of the molecule is COC(=O)C1=C(Nc2cc(C)cc([N+](=O)[O-])c2O)C(=O)N(CCO)C1. The van der Waals surface area contributed by atoms with Crippen molar-refractivity contribution in [3.63, 3.8) is 0 Å². The minimum atomic E-state index is -0.752. The molecule has 0 fully saturated rings. The molecule has 1 aliphatic heterocycles. The summed E-state index contributed by atoms with van der Waals surface area (Å²) in [5, 5.41) is 32.7. The second-order valence-corrected chi connectivity index (χ2v) is 5.36. The van der Waals surface area contributed by atoms with E-state index in [-0.39, 0.29) is 36.7 Å². The van der Waals surface area contributed by atoms with Gasteiger partial charge in [0.05, 0.1) is 36.4 Å². The van der Waals surface area contributed by atoms with E-state index in [9.17, 15) is 24.8 Å². The van der Waals surface area contributed by atoms with Crippen LogP contribution in [-0.2, 0) is 14.3 Å². The molecule has 0 saturated carbocycles. The van der Waals surface area contributed by atoms with Crippen molar-refractivity contribution in [1.29, 1.82) is 0 Å². The number of aliphatic hydroxyl groups excluding tert-OH is 1. The quantitative estimate of drug-likeness (QED) is 0.287. The van der Waals surface area contributed by atoms with Gasteiger partial charge in [-0.05, 0) is 18.6 Å². The van der Waals surface area contributed by atoms with E-state index in [0.717, 1.165) is 7.11 Å². The number of aliphatic hydroxyl groups is 1. The Kier molecular flexibility index (Phi) is 5.22. The van der Waals surface area contributed by atoms with Crippen molar-refractivity contribution < 1.29 is 29.5 Å². The number of nitro benzene ring substituents is 1. The molecule has 0 aliphatic carbocycles. The van der Waals surface area contributed by atoms with Gasteiger partial charge in [-0.2, -0.15) is 0 Å². The zero-order chi connectivity index (χ0) is 18.7. The number of nitrogens with one attached hydrogen (secondary N) is 1. The molecule has 25 heavy (non-hydrogen) atoms. The van der Waals surface area contributed by atoms with Crippen LogP contribution in [0.25, 0.3) is 0 Å². The van der Waals surface area contributed by atoms with E-state index in [4.69, 9.17) is 5.11 Å². The molecule has 0 atom stereocenters. The van der Waals surface area contributed by atoms with Gasteiger partial charge in [-0.3, -0.25) is 14.9 Å². The highest BCUT2D eigenvalue weighted by molar-refractivity contribution is 6.08. The maximum Gasteiger partial charge on any atom is 0.337 e. The van der Waals surface area contributed by atoms with Crippen LogP contribution in [-0.4, -0.2) is 58.7 Å². The third kappa shape index (κ3) is 3.53. The highest BCUT2D eigenvalue weighted by Crippen LogP contribution is 2.37. The molecule has 1 aromatic carbocycles. The lowest BCUT2D eigenvalue weighted by Gasteiger charge is -2.15. The maximum absolute atomic E-state index is 12.4. The van der Waals surface area contributed by atoms with Crippen LogP contribution in [0.2, 0.25) is 0 Å². The molecule has 1 amide bonds. The highest BCUT2D eigenvalue weighted by atomic mass is 16.6. The minimum Gasteiger partial charge on any atom is -0.501 e. The van der Waals surface area contributed by atoms with E-state index in [1.54, 1.807) is 6.92 Å². The van der Waals surface area contributed by atoms with E-state index >= 15 is 0 Å². The van der Waals surface area contributed by atoms with Crippen molar-refractivity contribution in [1.82, 2.24) is 4.90 Å². The number of anilines is 1. The number of ether oxygens (including phenoxy) is 1. The van der Waals surface area contributed by atoms with Crippen LogP contribution in [0.15, 0.2) is 23.4 Å². The Morgan fingerprint density at radius 1 is 1.48 bits per heavy atom. The third-order valence-corrected chi connectivity index (χ3v) is 3.64. The molecule has 1 aromatic rings. The van der Waals surface area contributed by atoms with Gasteiger partial charge in [0.1, 0.15) is 5.70 Å². The zero-order valence-electron chi connectivity index (χ0n) is 13.6. The number of carbonyl (C=O) groups excluding carboxylic acids is 2. The number of phenolic OH excluding ortho intramolecular Hbond substituents is 1. The number of esters is 1. The molecule has 0 saturated heterocycles. The maximum atomic E-state index is 12.4. The summed E-state index contributed by atoms with van der Waals surface area (Å²) in [5.74, 6) is -1.99. The predicted octanol–water partition coefficient (Wildman–Crippen LogP) is 0.282. The van der Waals surface area contributed by atoms with E-state index in [1.807, 2.05) is 0 Å². The number of nitrogens with zero attached hydrogens (tertiary/aromatic N) is 2. The molecule has 0 radical (unpaired) electrons. The number of aromatic hydroxyl groups is 1. The fraction of sp³-hybridized carbons (Fsp3) is 0.333. The summed E-state index contributed by atoms with van der Waals surface area (Å²) in [6.07, 6.45) is 0. The fourth-order valence-corrected chi connectivity index (χ4v) is 2.48. The molecule has 0 unspecified atom stereocenters. The second-order valence-electron chi connectivity index (χ2n) is 5.36. The van der Waals surface area contributed by atoms with Crippen molar-refractivity contribution in [2.45, 2.75) is 6.92 Å². The minimum absolute atomic E-state index is 0.00418. The van der Waals surface area contributed by atoms with Crippen LogP contribution in [0.4, 0.5) is 11.4 Å². The first-order chi connectivity index (χ1) is 11.8. The van der Waals surface area contributed by atoms with E-state index < -0.39 is 28.2 Å². The molecular formula is C15H17N3O7. The topological polar surface area (TPSA) is 142 Å². The Balaban J connectivity index is 2.47. The van der Waals surface area contributed by atoms with E-state index in [0.29, 0.717) is 5.56 Å². The van der Waals surface area contributed by atoms with Crippen molar-refractivity contribution in [2.75, 3.05) is 32.1 Å². The predicted molar refractivity (Wildman–Crippen MR) is 85.8 cm³/mol. The largest absolute Gasteiger partial charge is 0.501 e. The molecule has 10 heteroatoms. The average Bonchev–Trinajstić information content (AvgIpc) is 2.86. The average molecular weight is 351 g/mol. The molecule has 1 aliphatic rings. The summed E-state index contributed by atoms with van der Waals surface area (Å²) in [4.78, 5) is 35.8. The first-order valence-electron chi connectivity index (χ1n) is 7.26. The molecular weight excluding hydrogens is 334 g/mol. The van der Waals surface area contributed by atoms with Crippen LogP contribution in [0.5, 0.6) is 5.75 Å². The Hall–Kier alpha value is -3.14. The first kappa shape index (κ1) is 18.2. The number of nitro groups is 1. The Labute approximate surface area is 142 Å². The van der Waals surface area contributed by atoms with Crippen molar-refractivity contribution in [3.8, 4) is 5.75 Å². The molecule has 0 aromatic heterocycles. The van der Waals surface area contributed by atoms with Crippen LogP contribution in [0.3, 0.4) is 0 Å².